The van der Waals surface area contributed by atoms with Crippen molar-refractivity contribution in [2.75, 3.05) is 12.3 Å². The Morgan fingerprint density at radius 2 is 2.27 bits per heavy atom. The Morgan fingerprint density at radius 3 is 2.86 bits per heavy atom. The van der Waals surface area contributed by atoms with Gasteiger partial charge >= 0.3 is 0 Å². The van der Waals surface area contributed by atoms with Gasteiger partial charge in [0, 0.05) is 37.9 Å². The number of halogens is 1. The number of carbonyl (C=O) groups is 1. The van der Waals surface area contributed by atoms with Gasteiger partial charge in [0.2, 0.25) is 0 Å². The van der Waals surface area contributed by atoms with E-state index in [2.05, 4.69) is 4.98 Å². The van der Waals surface area contributed by atoms with Gasteiger partial charge in [-0.1, -0.05) is 17.7 Å². The SMILES string of the molecule is CC(=O)CCC(=C1SCCN1Cc1ccc(Cl)nc1)[N+](=O)[O-]. The van der Waals surface area contributed by atoms with E-state index in [0.29, 0.717) is 16.7 Å². The van der Waals surface area contributed by atoms with E-state index in [0.717, 1.165) is 17.9 Å². The minimum Gasteiger partial charge on any atom is -0.356 e. The predicted molar refractivity (Wildman–Crippen MR) is 86.1 cm³/mol. The molecule has 0 aromatic carbocycles. The third-order valence-electron chi connectivity index (χ3n) is 3.23. The summed E-state index contributed by atoms with van der Waals surface area (Å²) in [5, 5.41) is 12.4. The number of nitrogens with zero attached hydrogens (tertiary/aromatic N) is 3. The van der Waals surface area contributed by atoms with E-state index in [1.54, 1.807) is 12.3 Å². The quantitative estimate of drug-likeness (QED) is 0.449. The number of carbonyl (C=O) groups excluding carboxylic acids is 1. The van der Waals surface area contributed by atoms with Gasteiger partial charge in [-0.15, -0.1) is 11.8 Å². The second kappa shape index (κ2) is 7.60. The number of rotatable bonds is 6. The van der Waals surface area contributed by atoms with E-state index in [4.69, 9.17) is 11.6 Å². The average molecular weight is 342 g/mol. The maximum absolute atomic E-state index is 11.3. The largest absolute Gasteiger partial charge is 0.356 e. The zero-order chi connectivity index (χ0) is 16.1. The van der Waals surface area contributed by atoms with E-state index in [1.165, 1.54) is 18.7 Å². The first-order valence-electron chi connectivity index (χ1n) is 6.82. The molecule has 0 saturated carbocycles. The maximum Gasteiger partial charge on any atom is 0.276 e. The Labute approximate surface area is 137 Å². The molecular formula is C14H16ClN3O3S. The molecule has 1 aromatic heterocycles. The Bertz CT molecular complexity index is 604. The second-order valence-electron chi connectivity index (χ2n) is 4.97. The first kappa shape index (κ1) is 16.8. The highest BCUT2D eigenvalue weighted by Gasteiger charge is 2.28. The van der Waals surface area contributed by atoms with Crippen LogP contribution in [0, 0.1) is 10.1 Å². The van der Waals surface area contributed by atoms with Gasteiger partial charge in [-0.05, 0) is 18.6 Å². The Kier molecular flexibility index (Phi) is 5.79. The van der Waals surface area contributed by atoms with Crippen molar-refractivity contribution in [1.29, 1.82) is 0 Å². The Hall–Kier alpha value is -1.60. The minimum atomic E-state index is -0.371. The van der Waals surface area contributed by atoms with Gasteiger partial charge in [0.25, 0.3) is 5.70 Å². The van der Waals surface area contributed by atoms with Gasteiger partial charge in [0.1, 0.15) is 16.0 Å². The Morgan fingerprint density at radius 1 is 1.50 bits per heavy atom. The number of Topliss-reactive ketones (excluding diaryl/α,β-unsaturated/α-hetero) is 1. The van der Waals surface area contributed by atoms with Gasteiger partial charge in [-0.2, -0.15) is 0 Å². The van der Waals surface area contributed by atoms with Crippen LogP contribution in [0.25, 0.3) is 0 Å². The number of thioether (sulfide) groups is 1. The summed E-state index contributed by atoms with van der Waals surface area (Å²) in [6.45, 7) is 2.73. The van der Waals surface area contributed by atoms with Crippen LogP contribution in [-0.4, -0.2) is 32.9 Å². The summed E-state index contributed by atoms with van der Waals surface area (Å²) in [7, 11) is 0. The van der Waals surface area contributed by atoms with E-state index < -0.39 is 0 Å². The number of pyridine rings is 1. The zero-order valence-electron chi connectivity index (χ0n) is 12.1. The van der Waals surface area contributed by atoms with Crippen LogP contribution in [0.1, 0.15) is 25.3 Å². The Balaban J connectivity index is 2.18. The first-order valence-corrected chi connectivity index (χ1v) is 8.19. The second-order valence-corrected chi connectivity index (χ2v) is 6.44. The summed E-state index contributed by atoms with van der Waals surface area (Å²) in [4.78, 5) is 28.0. The predicted octanol–water partition coefficient (Wildman–Crippen LogP) is 3.10. The van der Waals surface area contributed by atoms with Crippen molar-refractivity contribution in [3.05, 3.63) is 49.9 Å². The van der Waals surface area contributed by atoms with Crippen molar-refractivity contribution < 1.29 is 9.72 Å². The molecule has 6 nitrogen and oxygen atoms in total. The lowest BCUT2D eigenvalue weighted by atomic mass is 10.2. The number of ketones is 1. The molecule has 2 heterocycles. The van der Waals surface area contributed by atoms with Crippen LogP contribution in [0.3, 0.4) is 0 Å². The topological polar surface area (TPSA) is 76.3 Å². The number of hydrogen-bond donors (Lipinski definition) is 0. The molecule has 1 aliphatic heterocycles. The van der Waals surface area contributed by atoms with Crippen LogP contribution >= 0.6 is 23.4 Å². The van der Waals surface area contributed by atoms with Crippen molar-refractivity contribution in [3.63, 3.8) is 0 Å². The summed E-state index contributed by atoms with van der Waals surface area (Å²) in [5.41, 5.74) is 1.07. The van der Waals surface area contributed by atoms with Crippen LogP contribution in [0.2, 0.25) is 5.15 Å². The molecule has 1 saturated heterocycles. The van der Waals surface area contributed by atoms with Crippen LogP contribution < -0.4 is 0 Å². The summed E-state index contributed by atoms with van der Waals surface area (Å²) in [6, 6.07) is 3.56. The van der Waals surface area contributed by atoms with E-state index in [-0.39, 0.29) is 29.2 Å². The number of allylic oxidation sites excluding steroid dienone is 1. The van der Waals surface area contributed by atoms with Crippen molar-refractivity contribution in [1.82, 2.24) is 9.88 Å². The van der Waals surface area contributed by atoms with Gasteiger partial charge in [0.15, 0.2) is 0 Å². The standard InChI is InChI=1S/C14H16ClN3O3S/c1-10(19)2-4-12(18(20)21)14-17(6-7-22-14)9-11-3-5-13(15)16-8-11/h3,5,8H,2,4,6-7,9H2,1H3. The van der Waals surface area contributed by atoms with Gasteiger partial charge in [-0.3, -0.25) is 10.1 Å². The zero-order valence-corrected chi connectivity index (χ0v) is 13.7. The molecule has 0 N–H and O–H groups in total. The molecule has 0 bridgehead atoms. The van der Waals surface area contributed by atoms with Crippen molar-refractivity contribution >= 4 is 29.1 Å². The normalized spacial score (nSPS) is 16.7. The molecule has 22 heavy (non-hydrogen) atoms. The molecule has 8 heteroatoms. The third kappa shape index (κ3) is 4.45. The molecule has 1 aliphatic rings. The van der Waals surface area contributed by atoms with E-state index in [1.807, 2.05) is 11.0 Å². The van der Waals surface area contributed by atoms with E-state index >= 15 is 0 Å². The monoisotopic (exact) mass is 341 g/mol. The lowest BCUT2D eigenvalue weighted by Crippen LogP contribution is -2.20. The van der Waals surface area contributed by atoms with Crippen LogP contribution in [-0.2, 0) is 11.3 Å². The number of hydrogen-bond acceptors (Lipinski definition) is 6. The maximum atomic E-state index is 11.3. The highest BCUT2D eigenvalue weighted by atomic mass is 35.5. The van der Waals surface area contributed by atoms with Gasteiger partial charge in [-0.25, -0.2) is 4.98 Å². The average Bonchev–Trinajstić information content (AvgIpc) is 2.89. The molecule has 0 atom stereocenters. The van der Waals surface area contributed by atoms with Gasteiger partial charge < -0.3 is 9.69 Å². The molecule has 0 aliphatic carbocycles. The molecule has 0 spiro atoms. The number of aromatic nitrogens is 1. The molecule has 118 valence electrons. The van der Waals surface area contributed by atoms with Crippen molar-refractivity contribution in [2.24, 2.45) is 0 Å². The van der Waals surface area contributed by atoms with Crippen molar-refractivity contribution in [2.45, 2.75) is 26.3 Å². The summed E-state index contributed by atoms with van der Waals surface area (Å²) in [5.74, 6) is 0.754. The lowest BCUT2D eigenvalue weighted by molar-refractivity contribution is -0.429. The number of nitro groups is 1. The smallest absolute Gasteiger partial charge is 0.276 e. The summed E-state index contributed by atoms with van der Waals surface area (Å²) < 4.78 is 0. The molecular weight excluding hydrogens is 326 g/mol. The molecule has 2 rings (SSSR count). The van der Waals surface area contributed by atoms with E-state index in [9.17, 15) is 14.9 Å². The van der Waals surface area contributed by atoms with Crippen molar-refractivity contribution in [3.8, 4) is 0 Å². The summed E-state index contributed by atoms with van der Waals surface area (Å²) >= 11 is 7.23. The molecule has 0 amide bonds. The summed E-state index contributed by atoms with van der Waals surface area (Å²) in [6.07, 6.45) is 2.03. The fourth-order valence-electron chi connectivity index (χ4n) is 2.15. The lowest BCUT2D eigenvalue weighted by Gasteiger charge is -2.19. The van der Waals surface area contributed by atoms with Gasteiger partial charge in [0.05, 0.1) is 4.92 Å². The molecule has 1 fully saturated rings. The van der Waals surface area contributed by atoms with Crippen LogP contribution in [0.4, 0.5) is 0 Å². The van der Waals surface area contributed by atoms with Crippen LogP contribution in [0.15, 0.2) is 29.1 Å². The fourth-order valence-corrected chi connectivity index (χ4v) is 3.45. The fraction of sp³-hybridized carbons (Fsp3) is 0.429. The molecule has 0 radical (unpaired) electrons. The third-order valence-corrected chi connectivity index (χ3v) is 4.61. The molecule has 0 unspecified atom stereocenters. The minimum absolute atomic E-state index is 0.0450. The van der Waals surface area contributed by atoms with Crippen LogP contribution in [0.5, 0.6) is 0 Å². The molecule has 1 aromatic rings. The highest BCUT2D eigenvalue weighted by molar-refractivity contribution is 8.03. The highest BCUT2D eigenvalue weighted by Crippen LogP contribution is 2.33. The first-order chi connectivity index (χ1) is 10.5.